The van der Waals surface area contributed by atoms with Crippen molar-refractivity contribution >= 4 is 34.8 Å². The first-order chi connectivity index (χ1) is 16.1. The second-order valence-electron chi connectivity index (χ2n) is 8.18. The van der Waals surface area contributed by atoms with Gasteiger partial charge in [0.1, 0.15) is 0 Å². The Morgan fingerprint density at radius 1 is 0.970 bits per heavy atom. The van der Waals surface area contributed by atoms with Crippen LogP contribution in [0.5, 0.6) is 5.75 Å². The molecular weight excluding hydrogens is 570 g/mol. The molecular formula is C26H24Cl2IN2O2-. The molecule has 3 aromatic rings. The van der Waals surface area contributed by atoms with Crippen LogP contribution in [0.2, 0.25) is 10.0 Å². The summed E-state index contributed by atoms with van der Waals surface area (Å²) in [7, 11) is 0. The molecule has 0 radical (unpaired) electrons. The monoisotopic (exact) mass is 593 g/mol. The van der Waals surface area contributed by atoms with Gasteiger partial charge in [-0.15, -0.1) is 0 Å². The summed E-state index contributed by atoms with van der Waals surface area (Å²) in [5, 5.41) is 1.50. The number of nitrogens with zero attached hydrogens (tertiary/aromatic N) is 2. The zero-order chi connectivity index (χ0) is 22.8. The Balaban J connectivity index is 1.39. The Labute approximate surface area is 214 Å². The van der Waals surface area contributed by atoms with Crippen molar-refractivity contribution in [1.82, 2.24) is 4.90 Å². The summed E-state index contributed by atoms with van der Waals surface area (Å²) in [6.07, 6.45) is 0. The number of hydrogen-bond acceptors (Lipinski definition) is 3. The van der Waals surface area contributed by atoms with Crippen LogP contribution in [0.4, 0.5) is 5.69 Å². The molecule has 0 bridgehead atoms. The predicted octanol–water partition coefficient (Wildman–Crippen LogP) is 2.61. The average molecular weight is 594 g/mol. The first-order valence-electron chi connectivity index (χ1n) is 10.9. The summed E-state index contributed by atoms with van der Waals surface area (Å²) < 4.78 is 7.72. The Morgan fingerprint density at radius 3 is 2.42 bits per heavy atom. The second kappa shape index (κ2) is 10.1. The van der Waals surface area contributed by atoms with E-state index in [2.05, 4.69) is 29.2 Å². The van der Waals surface area contributed by atoms with Crippen LogP contribution in [0, 0.1) is 0 Å². The van der Waals surface area contributed by atoms with Crippen molar-refractivity contribution in [2.75, 3.05) is 35.6 Å². The summed E-state index contributed by atoms with van der Waals surface area (Å²) in [5.74, 6) is 0.708. The van der Waals surface area contributed by atoms with Gasteiger partial charge in [-0.1, -0.05) is 18.2 Å². The van der Waals surface area contributed by atoms with E-state index in [4.69, 9.17) is 27.9 Å². The summed E-state index contributed by atoms with van der Waals surface area (Å²) in [5.41, 5.74) is 3.75. The van der Waals surface area contributed by atoms with Gasteiger partial charge in [0.2, 0.25) is 0 Å². The number of halogens is 3. The van der Waals surface area contributed by atoms with Gasteiger partial charge in [0, 0.05) is 0 Å². The van der Waals surface area contributed by atoms with Gasteiger partial charge in [-0.25, -0.2) is 0 Å². The number of amides is 1. The van der Waals surface area contributed by atoms with Gasteiger partial charge in [0.05, 0.1) is 0 Å². The van der Waals surface area contributed by atoms with E-state index in [0.717, 1.165) is 17.1 Å². The standard InChI is InChI=1S/C26H24Cl2IN2O2/c27-19-8-6-18(7-9-19)25-16-30(26(32)17-33-21-4-2-1-3-5-21)12-13-31(25)24-11-10-20(28)14-22(24)23-15-29-23/h1-11,14,23,25H,12-13,15-17H2/q-1. The van der Waals surface area contributed by atoms with Crippen LogP contribution in [-0.2, 0) is 4.79 Å². The van der Waals surface area contributed by atoms with Crippen molar-refractivity contribution in [2.45, 2.75) is 9.97 Å². The first-order valence-corrected chi connectivity index (χ1v) is 14.5. The molecule has 1 amide bonds. The number of alkyl halides is 2. The molecule has 5 rings (SSSR count). The van der Waals surface area contributed by atoms with Gasteiger partial charge >= 0.3 is 197 Å². The maximum atomic E-state index is 13.0. The molecule has 3 aromatic carbocycles. The molecule has 2 aliphatic rings. The molecule has 2 fully saturated rings. The van der Waals surface area contributed by atoms with Gasteiger partial charge in [0.15, 0.2) is 0 Å². The number of carbonyl (C=O) groups excluding carboxylic acids is 1. The fourth-order valence-corrected chi connectivity index (χ4v) is 6.28. The Hall–Kier alpha value is -1.96. The van der Waals surface area contributed by atoms with Gasteiger partial charge in [-0.3, -0.25) is 0 Å². The van der Waals surface area contributed by atoms with E-state index in [-0.39, 0.29) is 39.8 Å². The topological polar surface area (TPSA) is 32.8 Å². The molecule has 2 saturated heterocycles. The van der Waals surface area contributed by atoms with Crippen molar-refractivity contribution in [1.29, 1.82) is 0 Å². The molecule has 33 heavy (non-hydrogen) atoms. The molecule has 0 aromatic heterocycles. The maximum absolute atomic E-state index is 13.0. The quantitative estimate of drug-likeness (QED) is 0.325. The molecule has 2 heterocycles. The molecule has 0 aliphatic carbocycles. The number of rotatable bonds is 6. The molecule has 172 valence electrons. The number of para-hydroxylation sites is 1. The molecule has 2 aliphatic heterocycles. The summed E-state index contributed by atoms with van der Waals surface area (Å²) >= 11 is 12.8. The number of carbonyl (C=O) groups is 1. The molecule has 2 atom stereocenters. The normalized spacial score (nSPS) is 20.2. The molecule has 2 unspecified atom stereocenters. The van der Waals surface area contributed by atoms with Crippen LogP contribution >= 0.6 is 23.2 Å². The minimum atomic E-state index is 0.00172. The number of ether oxygens (including phenoxy) is 1. The zero-order valence-electron chi connectivity index (χ0n) is 18.0. The Kier molecular flexibility index (Phi) is 6.99. The minimum absolute atomic E-state index is 0.00172. The van der Waals surface area contributed by atoms with Crippen molar-refractivity contribution in [3.63, 3.8) is 0 Å². The SMILES string of the molecule is O=C(COc1ccccc1)N1CCN(c2ccc(Cl)cc2C2C[I-]2)C(c2ccc(Cl)cc2)C1. The van der Waals surface area contributed by atoms with Crippen LogP contribution in [0.15, 0.2) is 72.8 Å². The number of hydrogen-bond donors (Lipinski definition) is 0. The Morgan fingerprint density at radius 2 is 1.70 bits per heavy atom. The number of anilines is 1. The fourth-order valence-electron chi connectivity index (χ4n) is 4.27. The van der Waals surface area contributed by atoms with E-state index in [0.29, 0.717) is 27.8 Å². The number of piperazine rings is 1. The van der Waals surface area contributed by atoms with Gasteiger partial charge < -0.3 is 0 Å². The summed E-state index contributed by atoms with van der Waals surface area (Å²) in [6.45, 7) is 2.04. The fraction of sp³-hybridized carbons (Fsp3) is 0.269. The third-order valence-corrected chi connectivity index (χ3v) is 8.96. The van der Waals surface area contributed by atoms with Crippen molar-refractivity contribution in [2.24, 2.45) is 0 Å². The van der Waals surface area contributed by atoms with Gasteiger partial charge in [-0.05, 0) is 0 Å². The summed E-state index contributed by atoms with van der Waals surface area (Å²) in [4.78, 5) is 17.4. The van der Waals surface area contributed by atoms with Crippen molar-refractivity contribution in [3.05, 3.63) is 94.0 Å². The van der Waals surface area contributed by atoms with E-state index in [1.54, 1.807) is 0 Å². The summed E-state index contributed by atoms with van der Waals surface area (Å²) in [6, 6.07) is 23.7. The number of benzene rings is 3. The van der Waals surface area contributed by atoms with E-state index in [1.165, 1.54) is 15.7 Å². The Bertz CT molecular complexity index is 1120. The van der Waals surface area contributed by atoms with Crippen LogP contribution in [0.3, 0.4) is 0 Å². The molecule has 0 saturated carbocycles. The predicted molar refractivity (Wildman–Crippen MR) is 129 cm³/mol. The molecule has 0 N–H and O–H groups in total. The van der Waals surface area contributed by atoms with E-state index in [9.17, 15) is 4.79 Å². The van der Waals surface area contributed by atoms with E-state index >= 15 is 0 Å². The zero-order valence-corrected chi connectivity index (χ0v) is 21.6. The molecule has 7 heteroatoms. The van der Waals surface area contributed by atoms with Crippen LogP contribution in [0.25, 0.3) is 0 Å². The third-order valence-electron chi connectivity index (χ3n) is 6.04. The van der Waals surface area contributed by atoms with Crippen LogP contribution in [-0.4, -0.2) is 41.5 Å². The van der Waals surface area contributed by atoms with Crippen molar-refractivity contribution < 1.29 is 30.7 Å². The molecule has 4 nitrogen and oxygen atoms in total. The molecule has 0 spiro atoms. The van der Waals surface area contributed by atoms with E-state index < -0.39 is 0 Å². The average Bonchev–Trinajstić information content (AvgIpc) is 3.69. The van der Waals surface area contributed by atoms with Crippen LogP contribution < -0.4 is 30.8 Å². The van der Waals surface area contributed by atoms with Gasteiger partial charge in [-0.2, -0.15) is 0 Å². The van der Waals surface area contributed by atoms with Gasteiger partial charge in [0.25, 0.3) is 0 Å². The first kappa shape index (κ1) is 22.8. The second-order valence-corrected chi connectivity index (χ2v) is 12.3. The van der Waals surface area contributed by atoms with Crippen LogP contribution in [0.1, 0.15) is 21.1 Å². The van der Waals surface area contributed by atoms with Crippen molar-refractivity contribution in [3.8, 4) is 5.75 Å². The third kappa shape index (κ3) is 5.42. The van der Waals surface area contributed by atoms with E-state index in [1.807, 2.05) is 53.4 Å².